The quantitative estimate of drug-likeness (QED) is 0.854. The summed E-state index contributed by atoms with van der Waals surface area (Å²) >= 11 is 5.88. The number of benzene rings is 1. The van der Waals surface area contributed by atoms with Gasteiger partial charge < -0.3 is 10.1 Å². The van der Waals surface area contributed by atoms with Crippen molar-refractivity contribution in [2.75, 3.05) is 13.2 Å². The molecule has 15 heavy (non-hydrogen) atoms. The standard InChI is InChI=1S/C12H16ClNO/c1-9-7-10(13)4-5-12(9)15-8-11-3-2-6-14-11/h4-5,7,11,14H,2-3,6,8H2,1H3. The van der Waals surface area contributed by atoms with Crippen LogP contribution < -0.4 is 10.1 Å². The highest BCUT2D eigenvalue weighted by atomic mass is 35.5. The molecule has 0 amide bonds. The molecule has 1 aliphatic rings. The Morgan fingerprint density at radius 1 is 1.53 bits per heavy atom. The van der Waals surface area contributed by atoms with Gasteiger partial charge in [0.1, 0.15) is 12.4 Å². The number of rotatable bonds is 3. The van der Waals surface area contributed by atoms with E-state index in [4.69, 9.17) is 16.3 Å². The van der Waals surface area contributed by atoms with Gasteiger partial charge in [0.2, 0.25) is 0 Å². The van der Waals surface area contributed by atoms with Crippen molar-refractivity contribution in [2.45, 2.75) is 25.8 Å². The van der Waals surface area contributed by atoms with Crippen molar-refractivity contribution >= 4 is 11.6 Å². The molecule has 0 saturated carbocycles. The Morgan fingerprint density at radius 3 is 3.07 bits per heavy atom. The minimum atomic E-state index is 0.514. The smallest absolute Gasteiger partial charge is 0.122 e. The van der Waals surface area contributed by atoms with Crippen LogP contribution in [0.5, 0.6) is 5.75 Å². The molecule has 1 saturated heterocycles. The van der Waals surface area contributed by atoms with E-state index >= 15 is 0 Å². The predicted molar refractivity (Wildman–Crippen MR) is 62.7 cm³/mol. The minimum Gasteiger partial charge on any atom is -0.492 e. The van der Waals surface area contributed by atoms with Gasteiger partial charge in [-0.2, -0.15) is 0 Å². The van der Waals surface area contributed by atoms with E-state index in [0.29, 0.717) is 6.04 Å². The second kappa shape index (κ2) is 4.86. The van der Waals surface area contributed by atoms with Gasteiger partial charge in [0.15, 0.2) is 0 Å². The fourth-order valence-electron chi connectivity index (χ4n) is 1.86. The highest BCUT2D eigenvalue weighted by Crippen LogP contribution is 2.22. The number of hydrogen-bond acceptors (Lipinski definition) is 2. The maximum absolute atomic E-state index is 5.88. The van der Waals surface area contributed by atoms with E-state index < -0.39 is 0 Å². The number of halogens is 1. The molecular weight excluding hydrogens is 210 g/mol. The van der Waals surface area contributed by atoms with Crippen molar-refractivity contribution < 1.29 is 4.74 Å². The van der Waals surface area contributed by atoms with E-state index in [9.17, 15) is 0 Å². The summed E-state index contributed by atoms with van der Waals surface area (Å²) in [5.41, 5.74) is 1.10. The first kappa shape index (κ1) is 10.8. The van der Waals surface area contributed by atoms with Gasteiger partial charge >= 0.3 is 0 Å². The van der Waals surface area contributed by atoms with Crippen LogP contribution in [0.1, 0.15) is 18.4 Å². The Balaban J connectivity index is 1.92. The first-order valence-corrected chi connectivity index (χ1v) is 5.76. The molecule has 1 aromatic rings. The van der Waals surface area contributed by atoms with Crippen LogP contribution in [0.15, 0.2) is 18.2 Å². The summed E-state index contributed by atoms with van der Waals surface area (Å²) in [6, 6.07) is 6.25. The summed E-state index contributed by atoms with van der Waals surface area (Å²) in [5, 5.41) is 4.17. The van der Waals surface area contributed by atoms with E-state index in [-0.39, 0.29) is 0 Å². The third-order valence-electron chi connectivity index (χ3n) is 2.74. The zero-order valence-electron chi connectivity index (χ0n) is 8.92. The first-order chi connectivity index (χ1) is 7.25. The normalized spacial score (nSPS) is 20.5. The van der Waals surface area contributed by atoms with Gasteiger partial charge in [0.25, 0.3) is 0 Å². The van der Waals surface area contributed by atoms with Crippen LogP contribution in [0.3, 0.4) is 0 Å². The van der Waals surface area contributed by atoms with Crippen molar-refractivity contribution in [3.8, 4) is 5.75 Å². The Hall–Kier alpha value is -0.730. The van der Waals surface area contributed by atoms with E-state index in [1.807, 2.05) is 25.1 Å². The lowest BCUT2D eigenvalue weighted by molar-refractivity contribution is 0.275. The zero-order chi connectivity index (χ0) is 10.7. The Bertz CT molecular complexity index is 334. The largest absolute Gasteiger partial charge is 0.492 e. The van der Waals surface area contributed by atoms with E-state index in [2.05, 4.69) is 5.32 Å². The summed E-state index contributed by atoms with van der Waals surface area (Å²) in [7, 11) is 0. The van der Waals surface area contributed by atoms with Crippen molar-refractivity contribution in [3.63, 3.8) is 0 Å². The van der Waals surface area contributed by atoms with E-state index in [1.165, 1.54) is 12.8 Å². The lowest BCUT2D eigenvalue weighted by Gasteiger charge is -2.13. The maximum Gasteiger partial charge on any atom is 0.122 e. The number of aryl methyl sites for hydroxylation is 1. The number of ether oxygens (including phenoxy) is 1. The molecule has 1 fully saturated rings. The van der Waals surface area contributed by atoms with Crippen LogP contribution in [0, 0.1) is 6.92 Å². The van der Waals surface area contributed by atoms with Crippen molar-refractivity contribution in [1.29, 1.82) is 0 Å². The topological polar surface area (TPSA) is 21.3 Å². The van der Waals surface area contributed by atoms with Gasteiger partial charge in [-0.1, -0.05) is 11.6 Å². The van der Waals surface area contributed by atoms with Gasteiger partial charge in [-0.15, -0.1) is 0 Å². The molecule has 82 valence electrons. The highest BCUT2D eigenvalue weighted by molar-refractivity contribution is 6.30. The minimum absolute atomic E-state index is 0.514. The fraction of sp³-hybridized carbons (Fsp3) is 0.500. The first-order valence-electron chi connectivity index (χ1n) is 5.38. The fourth-order valence-corrected chi connectivity index (χ4v) is 2.09. The van der Waals surface area contributed by atoms with Crippen LogP contribution in [-0.2, 0) is 0 Å². The Labute approximate surface area is 95.6 Å². The van der Waals surface area contributed by atoms with Gasteiger partial charge in [0.05, 0.1) is 0 Å². The molecule has 0 bridgehead atoms. The number of nitrogens with one attached hydrogen (secondary N) is 1. The second-order valence-electron chi connectivity index (χ2n) is 4.01. The molecular formula is C12H16ClNO. The molecule has 1 aromatic carbocycles. The average Bonchev–Trinajstić information content (AvgIpc) is 2.69. The van der Waals surface area contributed by atoms with Crippen molar-refractivity contribution in [2.24, 2.45) is 0 Å². The molecule has 0 aromatic heterocycles. The van der Waals surface area contributed by atoms with Crippen molar-refractivity contribution in [1.82, 2.24) is 5.32 Å². The van der Waals surface area contributed by atoms with Crippen LogP contribution >= 0.6 is 11.6 Å². The molecule has 0 aliphatic carbocycles. The molecule has 2 nitrogen and oxygen atoms in total. The molecule has 1 aliphatic heterocycles. The Kier molecular flexibility index (Phi) is 3.49. The summed E-state index contributed by atoms with van der Waals surface area (Å²) in [6.07, 6.45) is 2.47. The van der Waals surface area contributed by atoms with Crippen LogP contribution in [0.4, 0.5) is 0 Å². The molecule has 0 spiro atoms. The van der Waals surface area contributed by atoms with Gasteiger partial charge in [0, 0.05) is 11.1 Å². The van der Waals surface area contributed by atoms with Crippen LogP contribution in [0.25, 0.3) is 0 Å². The molecule has 0 radical (unpaired) electrons. The third kappa shape index (κ3) is 2.86. The van der Waals surface area contributed by atoms with E-state index in [1.54, 1.807) is 0 Å². The van der Waals surface area contributed by atoms with Gasteiger partial charge in [-0.3, -0.25) is 0 Å². The summed E-state index contributed by atoms with van der Waals surface area (Å²) in [4.78, 5) is 0. The summed E-state index contributed by atoms with van der Waals surface area (Å²) < 4.78 is 5.75. The molecule has 1 N–H and O–H groups in total. The molecule has 1 unspecified atom stereocenters. The Morgan fingerprint density at radius 2 is 2.40 bits per heavy atom. The predicted octanol–water partition coefficient (Wildman–Crippen LogP) is 2.78. The summed E-state index contributed by atoms with van der Waals surface area (Å²) in [5.74, 6) is 0.938. The monoisotopic (exact) mass is 225 g/mol. The molecule has 1 heterocycles. The van der Waals surface area contributed by atoms with Gasteiger partial charge in [-0.05, 0) is 50.1 Å². The maximum atomic E-state index is 5.88. The molecule has 2 rings (SSSR count). The highest BCUT2D eigenvalue weighted by Gasteiger charge is 2.14. The van der Waals surface area contributed by atoms with Crippen molar-refractivity contribution in [3.05, 3.63) is 28.8 Å². The van der Waals surface area contributed by atoms with Gasteiger partial charge in [-0.25, -0.2) is 0 Å². The lowest BCUT2D eigenvalue weighted by atomic mass is 10.2. The zero-order valence-corrected chi connectivity index (χ0v) is 9.68. The SMILES string of the molecule is Cc1cc(Cl)ccc1OCC1CCCN1. The summed E-state index contributed by atoms with van der Waals surface area (Å²) in [6.45, 7) is 3.89. The second-order valence-corrected chi connectivity index (χ2v) is 4.45. The molecule has 3 heteroatoms. The average molecular weight is 226 g/mol. The molecule has 1 atom stereocenters. The lowest BCUT2D eigenvalue weighted by Crippen LogP contribution is -2.28. The van der Waals surface area contributed by atoms with Crippen LogP contribution in [0.2, 0.25) is 5.02 Å². The van der Waals surface area contributed by atoms with Crippen LogP contribution in [-0.4, -0.2) is 19.2 Å². The number of hydrogen-bond donors (Lipinski definition) is 1. The van der Waals surface area contributed by atoms with E-state index in [0.717, 1.165) is 29.5 Å². The third-order valence-corrected chi connectivity index (χ3v) is 2.97.